The normalized spacial score (nSPS) is 10.5. The summed E-state index contributed by atoms with van der Waals surface area (Å²) in [6.45, 7) is 0. The maximum absolute atomic E-state index is 11.7. The van der Waals surface area contributed by atoms with Crippen molar-refractivity contribution in [1.82, 2.24) is 5.43 Å². The molecule has 1 heterocycles. The van der Waals surface area contributed by atoms with Gasteiger partial charge in [0.15, 0.2) is 5.76 Å². The lowest BCUT2D eigenvalue weighted by Gasteiger charge is -2.01. The number of furan rings is 1. The second-order valence-corrected chi connectivity index (χ2v) is 3.86. The predicted molar refractivity (Wildman–Crippen MR) is 73.4 cm³/mol. The van der Waals surface area contributed by atoms with Crippen LogP contribution in [0, 0.1) is 10.1 Å². The van der Waals surface area contributed by atoms with Gasteiger partial charge in [-0.1, -0.05) is 0 Å². The fourth-order valence-corrected chi connectivity index (χ4v) is 1.47. The zero-order valence-corrected chi connectivity index (χ0v) is 11.0. The molecule has 1 N–H and O–H groups in total. The number of nitrogens with zero attached hydrogens (tertiary/aromatic N) is 2. The zero-order chi connectivity index (χ0) is 15.2. The molecular weight excluding hydrogens is 278 g/mol. The summed E-state index contributed by atoms with van der Waals surface area (Å²) in [4.78, 5) is 21.5. The predicted octanol–water partition coefficient (Wildman–Crippen LogP) is 1.96. The Hall–Kier alpha value is -3.16. The van der Waals surface area contributed by atoms with Gasteiger partial charge in [-0.25, -0.2) is 5.43 Å². The maximum Gasteiger partial charge on any atom is 0.433 e. The van der Waals surface area contributed by atoms with Crippen molar-refractivity contribution in [2.75, 3.05) is 7.11 Å². The molecule has 2 rings (SSSR count). The van der Waals surface area contributed by atoms with Gasteiger partial charge in [-0.05, 0) is 30.3 Å². The molecule has 0 atom stereocenters. The summed E-state index contributed by atoms with van der Waals surface area (Å²) < 4.78 is 9.83. The van der Waals surface area contributed by atoms with Crippen LogP contribution < -0.4 is 10.2 Å². The topological polar surface area (TPSA) is 107 Å². The molecule has 1 aromatic carbocycles. The first kappa shape index (κ1) is 14.3. The largest absolute Gasteiger partial charge is 0.497 e. The van der Waals surface area contributed by atoms with Crippen molar-refractivity contribution in [3.63, 3.8) is 0 Å². The Morgan fingerprint density at radius 2 is 2.05 bits per heavy atom. The van der Waals surface area contributed by atoms with E-state index in [1.807, 2.05) is 0 Å². The fourth-order valence-electron chi connectivity index (χ4n) is 1.47. The van der Waals surface area contributed by atoms with E-state index < -0.39 is 16.7 Å². The quantitative estimate of drug-likeness (QED) is 0.514. The van der Waals surface area contributed by atoms with E-state index in [0.29, 0.717) is 11.3 Å². The van der Waals surface area contributed by atoms with Gasteiger partial charge < -0.3 is 9.15 Å². The molecule has 0 unspecified atom stereocenters. The third-order valence-electron chi connectivity index (χ3n) is 2.50. The number of amides is 1. The molecule has 2 aromatic rings. The van der Waals surface area contributed by atoms with E-state index in [-0.39, 0.29) is 5.76 Å². The number of benzene rings is 1. The van der Waals surface area contributed by atoms with E-state index in [1.54, 1.807) is 24.3 Å². The average Bonchev–Trinajstić information content (AvgIpc) is 2.96. The van der Waals surface area contributed by atoms with Crippen molar-refractivity contribution < 1.29 is 18.9 Å². The van der Waals surface area contributed by atoms with Crippen molar-refractivity contribution in [3.8, 4) is 5.75 Å². The molecule has 0 aliphatic heterocycles. The third-order valence-corrected chi connectivity index (χ3v) is 2.50. The van der Waals surface area contributed by atoms with Crippen LogP contribution in [0.2, 0.25) is 0 Å². The molecule has 8 nitrogen and oxygen atoms in total. The molecule has 108 valence electrons. The lowest BCUT2D eigenvalue weighted by molar-refractivity contribution is -0.402. The van der Waals surface area contributed by atoms with Gasteiger partial charge in [0.25, 0.3) is 5.91 Å². The number of nitrogens with one attached hydrogen (secondary N) is 1. The first-order valence-corrected chi connectivity index (χ1v) is 5.82. The van der Waals surface area contributed by atoms with Crippen molar-refractivity contribution in [2.24, 2.45) is 5.10 Å². The van der Waals surface area contributed by atoms with E-state index >= 15 is 0 Å². The monoisotopic (exact) mass is 289 g/mol. The molecule has 0 saturated heterocycles. The molecule has 0 aliphatic rings. The van der Waals surface area contributed by atoms with Crippen LogP contribution in [0.15, 0.2) is 45.9 Å². The van der Waals surface area contributed by atoms with Gasteiger partial charge in [-0.3, -0.25) is 14.9 Å². The lowest BCUT2D eigenvalue weighted by Crippen LogP contribution is -2.17. The molecule has 0 saturated carbocycles. The zero-order valence-electron chi connectivity index (χ0n) is 11.0. The van der Waals surface area contributed by atoms with E-state index in [0.717, 1.165) is 0 Å². The number of rotatable bonds is 5. The third kappa shape index (κ3) is 3.66. The molecular formula is C13H11N3O5. The van der Waals surface area contributed by atoms with Gasteiger partial charge >= 0.3 is 5.88 Å². The van der Waals surface area contributed by atoms with Gasteiger partial charge in [-0.15, -0.1) is 0 Å². The highest BCUT2D eigenvalue weighted by Gasteiger charge is 2.10. The van der Waals surface area contributed by atoms with E-state index in [4.69, 9.17) is 9.15 Å². The van der Waals surface area contributed by atoms with Gasteiger partial charge in [-0.2, -0.15) is 5.10 Å². The molecule has 0 aliphatic carbocycles. The summed E-state index contributed by atoms with van der Waals surface area (Å²) in [5.41, 5.74) is 2.68. The minimum absolute atomic E-state index is 0.164. The molecule has 0 fully saturated rings. The SMILES string of the molecule is COc1ccc(C(=O)NN=Cc2ccc([N+](=O)[O-])o2)cc1. The Morgan fingerprint density at radius 3 is 2.62 bits per heavy atom. The van der Waals surface area contributed by atoms with Crippen LogP contribution >= 0.6 is 0 Å². The highest BCUT2D eigenvalue weighted by molar-refractivity contribution is 5.94. The number of carbonyl (C=O) groups excluding carboxylic acids is 1. The average molecular weight is 289 g/mol. The highest BCUT2D eigenvalue weighted by atomic mass is 16.6. The second-order valence-electron chi connectivity index (χ2n) is 3.86. The minimum atomic E-state index is -0.659. The lowest BCUT2D eigenvalue weighted by atomic mass is 10.2. The standard InChI is InChI=1S/C13H11N3O5/c1-20-10-4-2-9(3-5-10)13(17)15-14-8-11-6-7-12(21-11)16(18)19/h2-8H,1H3,(H,15,17). The van der Waals surface area contributed by atoms with Gasteiger partial charge in [0.05, 0.1) is 19.4 Å². The summed E-state index contributed by atoms with van der Waals surface area (Å²) in [7, 11) is 1.53. The van der Waals surface area contributed by atoms with E-state index in [1.165, 1.54) is 25.5 Å². The molecule has 0 bridgehead atoms. The number of hydrazone groups is 1. The van der Waals surface area contributed by atoms with Crippen LogP contribution in [-0.2, 0) is 0 Å². The van der Waals surface area contributed by atoms with Crippen LogP contribution in [0.3, 0.4) is 0 Å². The molecule has 1 aromatic heterocycles. The number of methoxy groups -OCH3 is 1. The Bertz CT molecular complexity index is 675. The molecule has 0 radical (unpaired) electrons. The summed E-state index contributed by atoms with van der Waals surface area (Å²) in [6.07, 6.45) is 1.18. The number of carbonyl (C=O) groups is 1. The van der Waals surface area contributed by atoms with Gasteiger partial charge in [0.1, 0.15) is 10.7 Å². The highest BCUT2D eigenvalue weighted by Crippen LogP contribution is 2.14. The van der Waals surface area contributed by atoms with Crippen LogP contribution in [0.5, 0.6) is 5.75 Å². The van der Waals surface area contributed by atoms with Gasteiger partial charge in [0.2, 0.25) is 0 Å². The summed E-state index contributed by atoms with van der Waals surface area (Å²) in [6, 6.07) is 9.04. The van der Waals surface area contributed by atoms with Crippen molar-refractivity contribution in [3.05, 3.63) is 57.8 Å². The van der Waals surface area contributed by atoms with Crippen LogP contribution in [0.4, 0.5) is 5.88 Å². The van der Waals surface area contributed by atoms with Crippen molar-refractivity contribution >= 4 is 18.0 Å². The number of ether oxygens (including phenoxy) is 1. The fraction of sp³-hybridized carbons (Fsp3) is 0.0769. The molecule has 1 amide bonds. The van der Waals surface area contributed by atoms with Crippen molar-refractivity contribution in [1.29, 1.82) is 0 Å². The molecule has 8 heteroatoms. The van der Waals surface area contributed by atoms with Crippen LogP contribution in [0.25, 0.3) is 0 Å². The van der Waals surface area contributed by atoms with E-state index in [2.05, 4.69) is 10.5 Å². The summed E-state index contributed by atoms with van der Waals surface area (Å²) in [5, 5.41) is 14.1. The number of hydrogen-bond donors (Lipinski definition) is 1. The number of nitro groups is 1. The first-order valence-electron chi connectivity index (χ1n) is 5.82. The first-order chi connectivity index (χ1) is 10.1. The maximum atomic E-state index is 11.7. The summed E-state index contributed by atoms with van der Waals surface area (Å²) >= 11 is 0. The number of hydrogen-bond acceptors (Lipinski definition) is 6. The second kappa shape index (κ2) is 6.33. The molecule has 0 spiro atoms. The molecule has 21 heavy (non-hydrogen) atoms. The Morgan fingerprint density at radius 1 is 1.33 bits per heavy atom. The van der Waals surface area contributed by atoms with E-state index in [9.17, 15) is 14.9 Å². The smallest absolute Gasteiger partial charge is 0.433 e. The minimum Gasteiger partial charge on any atom is -0.497 e. The Kier molecular flexibility index (Phi) is 4.30. The van der Waals surface area contributed by atoms with Crippen LogP contribution in [-0.4, -0.2) is 24.2 Å². The van der Waals surface area contributed by atoms with Gasteiger partial charge in [0, 0.05) is 5.56 Å². The van der Waals surface area contributed by atoms with Crippen LogP contribution in [0.1, 0.15) is 16.1 Å². The summed E-state index contributed by atoms with van der Waals surface area (Å²) in [5.74, 6) is -0.0115. The Balaban J connectivity index is 1.95. The van der Waals surface area contributed by atoms with Crippen molar-refractivity contribution in [2.45, 2.75) is 0 Å². The Labute approximate surface area is 119 Å².